The summed E-state index contributed by atoms with van der Waals surface area (Å²) in [5.41, 5.74) is 0.820. The molecule has 4 nitrogen and oxygen atoms in total. The lowest BCUT2D eigenvalue weighted by Crippen LogP contribution is -2.25. The molecular weight excluding hydrogens is 274 g/mol. The maximum atomic E-state index is 11.0. The summed E-state index contributed by atoms with van der Waals surface area (Å²) in [6.07, 6.45) is 3.57. The van der Waals surface area contributed by atoms with E-state index >= 15 is 0 Å². The minimum absolute atomic E-state index is 0.130. The summed E-state index contributed by atoms with van der Waals surface area (Å²) in [4.78, 5) is 10.3. The average Bonchev–Trinajstić information content (AvgIpc) is 2.78. The summed E-state index contributed by atoms with van der Waals surface area (Å²) in [6.45, 7) is 0. The molecule has 0 saturated heterocycles. The van der Waals surface area contributed by atoms with Crippen LogP contribution in [0.5, 0.6) is 0 Å². The first-order chi connectivity index (χ1) is 9.52. The van der Waals surface area contributed by atoms with Gasteiger partial charge < -0.3 is 10.0 Å². The van der Waals surface area contributed by atoms with Gasteiger partial charge in [0.05, 0.1) is 5.69 Å². The third-order valence-corrected chi connectivity index (χ3v) is 3.56. The maximum absolute atomic E-state index is 11.0. The lowest BCUT2D eigenvalue weighted by atomic mass is 9.92. The summed E-state index contributed by atoms with van der Waals surface area (Å²) in [7, 11) is 3.76. The van der Waals surface area contributed by atoms with Crippen molar-refractivity contribution in [2.75, 3.05) is 19.0 Å². The second kappa shape index (κ2) is 4.58. The molecule has 1 aliphatic rings. The van der Waals surface area contributed by atoms with Crippen LogP contribution in [0.3, 0.4) is 0 Å². The van der Waals surface area contributed by atoms with Crippen molar-refractivity contribution >= 4 is 23.5 Å². The molecule has 1 atom stereocenters. The molecule has 0 aliphatic heterocycles. The van der Waals surface area contributed by atoms with E-state index in [1.165, 1.54) is 0 Å². The molecule has 0 bridgehead atoms. The largest absolute Gasteiger partial charge is 0.375 e. The number of hydrogen-bond donors (Lipinski definition) is 1. The van der Waals surface area contributed by atoms with Gasteiger partial charge in [-0.25, -0.2) is 4.98 Å². The second-order valence-electron chi connectivity index (χ2n) is 4.94. The Hall–Kier alpha value is -1.91. The van der Waals surface area contributed by atoms with E-state index in [0.29, 0.717) is 11.5 Å². The zero-order valence-electron chi connectivity index (χ0n) is 11.2. The lowest BCUT2D eigenvalue weighted by Gasteiger charge is -2.23. The molecule has 3 rings (SSSR count). The van der Waals surface area contributed by atoms with Crippen LogP contribution in [0.1, 0.15) is 16.8 Å². The van der Waals surface area contributed by atoms with Crippen LogP contribution in [-0.2, 0) is 5.60 Å². The van der Waals surface area contributed by atoms with Gasteiger partial charge in [-0.2, -0.15) is 4.98 Å². The number of nitrogens with zero attached hydrogens (tertiary/aromatic N) is 3. The zero-order chi connectivity index (χ0) is 14.3. The molecular formula is C15H14ClN3O. The molecule has 0 fully saturated rings. The van der Waals surface area contributed by atoms with Crippen LogP contribution in [0.25, 0.3) is 6.08 Å². The first-order valence-corrected chi connectivity index (χ1v) is 6.62. The zero-order valence-corrected chi connectivity index (χ0v) is 12.0. The number of anilines is 1. The van der Waals surface area contributed by atoms with E-state index in [2.05, 4.69) is 9.97 Å². The molecule has 1 aromatic carbocycles. The summed E-state index contributed by atoms with van der Waals surface area (Å²) in [6, 6.07) is 9.41. The highest BCUT2D eigenvalue weighted by Gasteiger charge is 2.38. The molecule has 0 radical (unpaired) electrons. The lowest BCUT2D eigenvalue weighted by molar-refractivity contribution is 0.133. The van der Waals surface area contributed by atoms with Gasteiger partial charge in [0.2, 0.25) is 5.28 Å². The maximum Gasteiger partial charge on any atom is 0.224 e. The molecule has 20 heavy (non-hydrogen) atoms. The Morgan fingerprint density at radius 1 is 1.15 bits per heavy atom. The van der Waals surface area contributed by atoms with Crippen LogP contribution in [-0.4, -0.2) is 29.2 Å². The van der Waals surface area contributed by atoms with E-state index < -0.39 is 5.60 Å². The van der Waals surface area contributed by atoms with Crippen molar-refractivity contribution in [1.82, 2.24) is 9.97 Å². The highest BCUT2D eigenvalue weighted by atomic mass is 35.5. The van der Waals surface area contributed by atoms with Gasteiger partial charge in [0, 0.05) is 19.7 Å². The molecule has 1 heterocycles. The highest BCUT2D eigenvalue weighted by molar-refractivity contribution is 6.28. The van der Waals surface area contributed by atoms with Crippen LogP contribution in [0.15, 0.2) is 36.4 Å². The Kier molecular flexibility index (Phi) is 3.00. The Balaban J connectivity index is 2.23. The number of aromatic nitrogens is 2. The fourth-order valence-electron chi connectivity index (χ4n) is 2.42. The van der Waals surface area contributed by atoms with Crippen molar-refractivity contribution in [1.29, 1.82) is 0 Å². The van der Waals surface area contributed by atoms with Crippen molar-refractivity contribution in [2.24, 2.45) is 0 Å². The predicted molar refractivity (Wildman–Crippen MR) is 79.8 cm³/mol. The van der Waals surface area contributed by atoms with E-state index in [-0.39, 0.29) is 5.28 Å². The van der Waals surface area contributed by atoms with Gasteiger partial charge in [0.1, 0.15) is 5.82 Å². The Morgan fingerprint density at radius 3 is 2.50 bits per heavy atom. The van der Waals surface area contributed by atoms with E-state index in [9.17, 15) is 5.11 Å². The molecule has 102 valence electrons. The summed E-state index contributed by atoms with van der Waals surface area (Å²) >= 11 is 6.00. The first-order valence-electron chi connectivity index (χ1n) is 6.25. The van der Waals surface area contributed by atoms with Gasteiger partial charge in [-0.1, -0.05) is 30.3 Å². The SMILES string of the molecule is CN(C)c1nc(Cl)nc2c1C=CC2(O)c1ccccc1. The monoisotopic (exact) mass is 287 g/mol. The van der Waals surface area contributed by atoms with Gasteiger partial charge in [-0.3, -0.25) is 0 Å². The van der Waals surface area contributed by atoms with Crippen LogP contribution >= 0.6 is 11.6 Å². The molecule has 1 aliphatic carbocycles. The number of rotatable bonds is 2. The topological polar surface area (TPSA) is 49.2 Å². The molecule has 5 heteroatoms. The van der Waals surface area contributed by atoms with Crippen molar-refractivity contribution < 1.29 is 5.11 Å². The van der Waals surface area contributed by atoms with Crippen molar-refractivity contribution in [3.63, 3.8) is 0 Å². The van der Waals surface area contributed by atoms with E-state index in [0.717, 1.165) is 11.1 Å². The van der Waals surface area contributed by atoms with E-state index in [4.69, 9.17) is 11.6 Å². The van der Waals surface area contributed by atoms with Crippen LogP contribution in [0.2, 0.25) is 5.28 Å². The van der Waals surface area contributed by atoms with Crippen LogP contribution in [0, 0.1) is 0 Å². The Morgan fingerprint density at radius 2 is 1.85 bits per heavy atom. The predicted octanol–water partition coefficient (Wildman–Crippen LogP) is 2.46. The molecule has 1 unspecified atom stereocenters. The molecule has 0 amide bonds. The normalized spacial score (nSPS) is 20.0. The third-order valence-electron chi connectivity index (χ3n) is 3.39. The first kappa shape index (κ1) is 13.1. The summed E-state index contributed by atoms with van der Waals surface area (Å²) in [5, 5.41) is 11.1. The molecule has 1 aromatic heterocycles. The fourth-order valence-corrected chi connectivity index (χ4v) is 2.59. The van der Waals surface area contributed by atoms with Gasteiger partial charge in [0.15, 0.2) is 5.60 Å². The average molecular weight is 288 g/mol. The standard InChI is InChI=1S/C15H14ClN3O/c1-19(2)13-11-8-9-15(20,10-6-4-3-5-7-10)12(11)17-14(16)18-13/h3-9,20H,1-2H3. The smallest absolute Gasteiger partial charge is 0.224 e. The van der Waals surface area contributed by atoms with Crippen molar-refractivity contribution in [2.45, 2.75) is 5.60 Å². The quantitative estimate of drug-likeness (QED) is 0.862. The van der Waals surface area contributed by atoms with E-state index in [1.807, 2.05) is 55.4 Å². The molecule has 0 saturated carbocycles. The van der Waals surface area contributed by atoms with E-state index in [1.54, 1.807) is 6.08 Å². The molecule has 1 N–H and O–H groups in total. The molecule has 0 spiro atoms. The van der Waals surface area contributed by atoms with Gasteiger partial charge in [-0.05, 0) is 29.3 Å². The van der Waals surface area contributed by atoms with Gasteiger partial charge >= 0.3 is 0 Å². The van der Waals surface area contributed by atoms with Crippen molar-refractivity contribution in [3.05, 3.63) is 58.5 Å². The highest BCUT2D eigenvalue weighted by Crippen LogP contribution is 2.41. The third kappa shape index (κ3) is 1.88. The van der Waals surface area contributed by atoms with Gasteiger partial charge in [0.25, 0.3) is 0 Å². The number of hydrogen-bond acceptors (Lipinski definition) is 4. The minimum Gasteiger partial charge on any atom is -0.375 e. The minimum atomic E-state index is -1.26. The Bertz CT molecular complexity index is 685. The number of halogens is 1. The van der Waals surface area contributed by atoms with Crippen molar-refractivity contribution in [3.8, 4) is 0 Å². The number of benzene rings is 1. The van der Waals surface area contributed by atoms with Crippen LogP contribution < -0.4 is 4.90 Å². The summed E-state index contributed by atoms with van der Waals surface area (Å²) < 4.78 is 0. The Labute approximate surface area is 122 Å². The molecule has 2 aromatic rings. The number of fused-ring (bicyclic) bond motifs is 1. The second-order valence-corrected chi connectivity index (χ2v) is 5.28. The van der Waals surface area contributed by atoms with Gasteiger partial charge in [-0.15, -0.1) is 0 Å². The summed E-state index contributed by atoms with van der Waals surface area (Å²) in [5.74, 6) is 0.697. The van der Waals surface area contributed by atoms with Crippen LogP contribution in [0.4, 0.5) is 5.82 Å². The fraction of sp³-hybridized carbons (Fsp3) is 0.200. The number of aliphatic hydroxyl groups is 1.